The summed E-state index contributed by atoms with van der Waals surface area (Å²) in [6, 6.07) is 6.41. The van der Waals surface area contributed by atoms with E-state index >= 15 is 0 Å². The monoisotopic (exact) mass is 336 g/mol. The molecular formula is C19H28O5. The normalized spacial score (nSPS) is 10.2. The molecule has 0 N–H and O–H groups in total. The maximum Gasteiger partial charge on any atom is 0.513 e. The number of ether oxygens (including phenoxy) is 3. The fourth-order valence-electron chi connectivity index (χ4n) is 2.34. The summed E-state index contributed by atoms with van der Waals surface area (Å²) >= 11 is 0. The van der Waals surface area contributed by atoms with E-state index in [9.17, 15) is 9.59 Å². The number of rotatable bonds is 11. The highest BCUT2D eigenvalue weighted by molar-refractivity contribution is 5.93. The van der Waals surface area contributed by atoms with Crippen LogP contribution >= 0.6 is 0 Å². The van der Waals surface area contributed by atoms with Gasteiger partial charge in [-0.25, -0.2) is 9.59 Å². The molecule has 0 bridgehead atoms. The Hall–Kier alpha value is -2.04. The fraction of sp³-hybridized carbons (Fsp3) is 0.579. The average molecular weight is 336 g/mol. The first kappa shape index (κ1) is 20.0. The van der Waals surface area contributed by atoms with Crippen LogP contribution in [-0.4, -0.2) is 25.8 Å². The molecule has 24 heavy (non-hydrogen) atoms. The smallest absolute Gasteiger partial charge is 0.465 e. The largest absolute Gasteiger partial charge is 0.513 e. The number of hydrogen-bond donors (Lipinski definition) is 0. The minimum absolute atomic E-state index is 0.144. The Bertz CT molecular complexity index is 498. The maximum absolute atomic E-state index is 11.7. The molecule has 0 amide bonds. The molecule has 5 nitrogen and oxygen atoms in total. The van der Waals surface area contributed by atoms with Crippen molar-refractivity contribution in [3.63, 3.8) is 0 Å². The van der Waals surface area contributed by atoms with E-state index in [4.69, 9.17) is 9.47 Å². The topological polar surface area (TPSA) is 61.8 Å². The highest BCUT2D eigenvalue weighted by Crippen LogP contribution is 2.19. The van der Waals surface area contributed by atoms with Gasteiger partial charge in [0.25, 0.3) is 0 Å². The van der Waals surface area contributed by atoms with Crippen LogP contribution in [0.4, 0.5) is 4.79 Å². The van der Waals surface area contributed by atoms with Crippen molar-refractivity contribution in [1.82, 2.24) is 0 Å². The first-order valence-corrected chi connectivity index (χ1v) is 8.71. The highest BCUT2D eigenvalue weighted by Gasteiger charge is 2.15. The van der Waals surface area contributed by atoms with Gasteiger partial charge >= 0.3 is 12.1 Å². The van der Waals surface area contributed by atoms with Crippen LogP contribution in [0, 0.1) is 0 Å². The number of methoxy groups -OCH3 is 1. The number of esters is 1. The van der Waals surface area contributed by atoms with Crippen LogP contribution in [0.15, 0.2) is 24.3 Å². The van der Waals surface area contributed by atoms with Crippen LogP contribution in [0.2, 0.25) is 0 Å². The van der Waals surface area contributed by atoms with Crippen molar-refractivity contribution >= 4 is 12.1 Å². The van der Waals surface area contributed by atoms with E-state index in [2.05, 4.69) is 11.7 Å². The zero-order valence-electron chi connectivity index (χ0n) is 14.7. The molecule has 1 rings (SSSR count). The van der Waals surface area contributed by atoms with Crippen molar-refractivity contribution in [2.24, 2.45) is 0 Å². The Morgan fingerprint density at radius 2 is 1.54 bits per heavy atom. The highest BCUT2D eigenvalue weighted by atomic mass is 16.7. The van der Waals surface area contributed by atoms with E-state index in [0.717, 1.165) is 19.3 Å². The van der Waals surface area contributed by atoms with Crippen LogP contribution in [0.25, 0.3) is 0 Å². The van der Waals surface area contributed by atoms with Gasteiger partial charge in [-0.1, -0.05) is 64.0 Å². The molecule has 0 spiro atoms. The summed E-state index contributed by atoms with van der Waals surface area (Å²) < 4.78 is 14.8. The zero-order valence-corrected chi connectivity index (χ0v) is 14.7. The summed E-state index contributed by atoms with van der Waals surface area (Å²) in [6.07, 6.45) is 8.61. The van der Waals surface area contributed by atoms with E-state index < -0.39 is 12.1 Å². The molecule has 0 radical (unpaired) electrons. The van der Waals surface area contributed by atoms with Gasteiger partial charge in [0, 0.05) is 0 Å². The molecule has 0 unspecified atom stereocenters. The lowest BCUT2D eigenvalue weighted by Crippen LogP contribution is -2.14. The summed E-state index contributed by atoms with van der Waals surface area (Å²) in [6.45, 7) is 2.54. The molecule has 0 saturated heterocycles. The second-order valence-corrected chi connectivity index (χ2v) is 5.66. The number of unbranched alkanes of at least 4 members (excludes halogenated alkanes) is 7. The van der Waals surface area contributed by atoms with Crippen molar-refractivity contribution in [3.05, 3.63) is 29.8 Å². The number of hydrogen-bond acceptors (Lipinski definition) is 5. The number of carbonyl (C=O) groups is 2. The SMILES string of the molecule is CCCCCCCCCCOC(=O)Oc1ccccc1C(=O)OC. The van der Waals surface area contributed by atoms with Crippen molar-refractivity contribution in [2.75, 3.05) is 13.7 Å². The molecule has 0 heterocycles. The van der Waals surface area contributed by atoms with Gasteiger partial charge in [-0.2, -0.15) is 0 Å². The molecule has 0 saturated carbocycles. The first-order valence-electron chi connectivity index (χ1n) is 8.71. The van der Waals surface area contributed by atoms with Crippen LogP contribution in [0.3, 0.4) is 0 Å². The summed E-state index contributed by atoms with van der Waals surface area (Å²) in [7, 11) is 1.28. The Morgan fingerprint density at radius 1 is 0.917 bits per heavy atom. The quantitative estimate of drug-likeness (QED) is 0.318. The molecule has 5 heteroatoms. The summed E-state index contributed by atoms with van der Waals surface area (Å²) in [5.41, 5.74) is 0.198. The third-order valence-corrected chi connectivity index (χ3v) is 3.70. The zero-order chi connectivity index (χ0) is 17.6. The van der Waals surface area contributed by atoms with E-state index in [1.165, 1.54) is 51.3 Å². The third-order valence-electron chi connectivity index (χ3n) is 3.70. The molecule has 0 fully saturated rings. The van der Waals surface area contributed by atoms with E-state index in [1.54, 1.807) is 12.1 Å². The average Bonchev–Trinajstić information content (AvgIpc) is 2.60. The van der Waals surface area contributed by atoms with Crippen molar-refractivity contribution in [3.8, 4) is 5.75 Å². The van der Waals surface area contributed by atoms with E-state index in [-0.39, 0.29) is 11.3 Å². The second kappa shape index (κ2) is 12.4. The van der Waals surface area contributed by atoms with Gasteiger partial charge in [-0.15, -0.1) is 0 Å². The van der Waals surface area contributed by atoms with Gasteiger partial charge in [-0.3, -0.25) is 0 Å². The molecule has 0 atom stereocenters. The molecule has 0 aliphatic carbocycles. The van der Waals surface area contributed by atoms with Gasteiger partial charge in [0.1, 0.15) is 11.3 Å². The predicted molar refractivity (Wildman–Crippen MR) is 92.4 cm³/mol. The molecule has 0 aliphatic heterocycles. The number of para-hydroxylation sites is 1. The third kappa shape index (κ3) is 7.99. The first-order chi connectivity index (χ1) is 11.7. The van der Waals surface area contributed by atoms with Crippen LogP contribution in [0.1, 0.15) is 68.6 Å². The molecule has 0 aromatic heterocycles. The van der Waals surface area contributed by atoms with E-state index in [1.807, 2.05) is 0 Å². The minimum Gasteiger partial charge on any atom is -0.465 e. The van der Waals surface area contributed by atoms with Gasteiger partial charge < -0.3 is 14.2 Å². The lowest BCUT2D eigenvalue weighted by molar-refractivity contribution is 0.0594. The molecule has 0 aliphatic rings. The molecule has 1 aromatic carbocycles. The van der Waals surface area contributed by atoms with Crippen molar-refractivity contribution in [2.45, 2.75) is 58.3 Å². The molecule has 1 aromatic rings. The second-order valence-electron chi connectivity index (χ2n) is 5.66. The van der Waals surface area contributed by atoms with Crippen LogP contribution in [-0.2, 0) is 9.47 Å². The summed E-state index contributed by atoms with van der Waals surface area (Å²) in [5.74, 6) is -0.410. The Labute approximate surface area is 144 Å². The minimum atomic E-state index is -0.797. The van der Waals surface area contributed by atoms with Gasteiger partial charge in [0.15, 0.2) is 0 Å². The summed E-state index contributed by atoms with van der Waals surface area (Å²) in [4.78, 5) is 23.3. The maximum atomic E-state index is 11.7. The van der Waals surface area contributed by atoms with Gasteiger partial charge in [0.2, 0.25) is 0 Å². The Kier molecular flexibility index (Phi) is 10.3. The van der Waals surface area contributed by atoms with Crippen LogP contribution < -0.4 is 4.74 Å². The predicted octanol–water partition coefficient (Wildman–Crippen LogP) is 5.13. The number of benzene rings is 1. The standard InChI is InChI=1S/C19H28O5/c1-3-4-5-6-7-8-9-12-15-23-19(21)24-17-14-11-10-13-16(17)18(20)22-2/h10-11,13-14H,3-9,12,15H2,1-2H3. The van der Waals surface area contributed by atoms with Crippen LogP contribution in [0.5, 0.6) is 5.75 Å². The molecule has 134 valence electrons. The van der Waals surface area contributed by atoms with Gasteiger partial charge in [0.05, 0.1) is 13.7 Å². The lowest BCUT2D eigenvalue weighted by Gasteiger charge is -2.09. The van der Waals surface area contributed by atoms with E-state index in [0.29, 0.717) is 6.61 Å². The lowest BCUT2D eigenvalue weighted by atomic mass is 10.1. The number of carbonyl (C=O) groups excluding carboxylic acids is 2. The van der Waals surface area contributed by atoms with Crippen molar-refractivity contribution < 1.29 is 23.8 Å². The fourth-order valence-corrected chi connectivity index (χ4v) is 2.34. The Morgan fingerprint density at radius 3 is 2.21 bits per heavy atom. The molecular weight excluding hydrogens is 308 g/mol. The summed E-state index contributed by atoms with van der Waals surface area (Å²) in [5, 5.41) is 0. The van der Waals surface area contributed by atoms with Gasteiger partial charge in [-0.05, 0) is 18.6 Å². The van der Waals surface area contributed by atoms with Crippen molar-refractivity contribution in [1.29, 1.82) is 0 Å². The Balaban J connectivity index is 2.20.